The minimum absolute atomic E-state index is 0.0878. The van der Waals surface area contributed by atoms with Crippen molar-refractivity contribution in [2.24, 2.45) is 5.16 Å². The van der Waals surface area contributed by atoms with E-state index < -0.39 is 0 Å². The highest BCUT2D eigenvalue weighted by atomic mass is 35.5. The lowest BCUT2D eigenvalue weighted by Crippen LogP contribution is -2.31. The lowest BCUT2D eigenvalue weighted by molar-refractivity contribution is 0.125. The zero-order valence-corrected chi connectivity index (χ0v) is 12.2. The Morgan fingerprint density at radius 2 is 2.20 bits per heavy atom. The summed E-state index contributed by atoms with van der Waals surface area (Å²) in [7, 11) is 0. The first-order valence-electron chi connectivity index (χ1n) is 7.03. The van der Waals surface area contributed by atoms with Gasteiger partial charge in [-0.05, 0) is 44.5 Å². The van der Waals surface area contributed by atoms with E-state index in [4.69, 9.17) is 16.4 Å². The van der Waals surface area contributed by atoms with Gasteiger partial charge in [-0.15, -0.1) is 0 Å². The Bertz CT molecular complexity index is 495. The second kappa shape index (κ2) is 8.07. The fourth-order valence-corrected chi connectivity index (χ4v) is 2.47. The van der Waals surface area contributed by atoms with Crippen molar-refractivity contribution in [3.8, 4) is 0 Å². The number of rotatable bonds is 6. The molecule has 0 atom stereocenters. The number of nitrogens with one attached hydrogen (secondary N) is 1. The first-order chi connectivity index (χ1) is 9.77. The van der Waals surface area contributed by atoms with Crippen LogP contribution in [0.4, 0.5) is 0 Å². The highest BCUT2D eigenvalue weighted by Crippen LogP contribution is 2.08. The van der Waals surface area contributed by atoms with Gasteiger partial charge in [0.1, 0.15) is 6.61 Å². The SMILES string of the molecule is O=c1[nH]cccc1C(Cl)=NOCCCN1CCCCC1. The first-order valence-corrected chi connectivity index (χ1v) is 7.41. The summed E-state index contributed by atoms with van der Waals surface area (Å²) in [5.41, 5.74) is 0.0587. The van der Waals surface area contributed by atoms with Gasteiger partial charge < -0.3 is 14.7 Å². The summed E-state index contributed by atoms with van der Waals surface area (Å²) >= 11 is 5.93. The lowest BCUT2D eigenvalue weighted by Gasteiger charge is -2.25. The van der Waals surface area contributed by atoms with Gasteiger partial charge in [-0.2, -0.15) is 0 Å². The molecule has 1 N–H and O–H groups in total. The van der Waals surface area contributed by atoms with Gasteiger partial charge in [-0.1, -0.05) is 23.2 Å². The van der Waals surface area contributed by atoms with E-state index >= 15 is 0 Å². The number of hydrogen-bond acceptors (Lipinski definition) is 4. The van der Waals surface area contributed by atoms with Crippen molar-refractivity contribution in [3.63, 3.8) is 0 Å². The molecule has 0 saturated carbocycles. The number of nitrogens with zero attached hydrogens (tertiary/aromatic N) is 2. The summed E-state index contributed by atoms with van der Waals surface area (Å²) in [5.74, 6) is 0. The molecule has 1 saturated heterocycles. The topological polar surface area (TPSA) is 57.7 Å². The Kier molecular flexibility index (Phi) is 6.08. The molecule has 0 amide bonds. The molecule has 2 rings (SSSR count). The van der Waals surface area contributed by atoms with E-state index in [0.29, 0.717) is 12.2 Å². The molecule has 0 aromatic carbocycles. The van der Waals surface area contributed by atoms with Crippen LogP contribution in [0.2, 0.25) is 0 Å². The summed E-state index contributed by atoms with van der Waals surface area (Å²) in [4.78, 5) is 21.6. The average molecular weight is 298 g/mol. The van der Waals surface area contributed by atoms with Crippen LogP contribution in [-0.2, 0) is 4.84 Å². The summed E-state index contributed by atoms with van der Waals surface area (Å²) in [6, 6.07) is 3.31. The maximum absolute atomic E-state index is 11.5. The number of likely N-dealkylation sites (tertiary alicyclic amines) is 1. The molecule has 0 aliphatic carbocycles. The highest BCUT2D eigenvalue weighted by molar-refractivity contribution is 6.69. The number of aromatic amines is 1. The number of oxime groups is 1. The van der Waals surface area contributed by atoms with Crippen molar-refractivity contribution in [2.75, 3.05) is 26.2 Å². The van der Waals surface area contributed by atoms with Gasteiger partial charge in [-0.3, -0.25) is 4.79 Å². The molecule has 5 nitrogen and oxygen atoms in total. The van der Waals surface area contributed by atoms with Crippen molar-refractivity contribution < 1.29 is 4.84 Å². The quantitative estimate of drug-likeness (QED) is 0.497. The smallest absolute Gasteiger partial charge is 0.258 e. The Hall–Kier alpha value is -1.33. The van der Waals surface area contributed by atoms with Gasteiger partial charge >= 0.3 is 0 Å². The predicted molar refractivity (Wildman–Crippen MR) is 80.3 cm³/mol. The van der Waals surface area contributed by atoms with Gasteiger partial charge in [0.25, 0.3) is 5.56 Å². The van der Waals surface area contributed by atoms with Crippen LogP contribution in [0.1, 0.15) is 31.2 Å². The van der Waals surface area contributed by atoms with Crippen LogP contribution >= 0.6 is 11.6 Å². The summed E-state index contributed by atoms with van der Waals surface area (Å²) in [6.45, 7) is 3.91. The maximum Gasteiger partial charge on any atom is 0.258 e. The van der Waals surface area contributed by atoms with Crippen LogP contribution < -0.4 is 5.56 Å². The molecular weight excluding hydrogens is 278 g/mol. The monoisotopic (exact) mass is 297 g/mol. The summed E-state index contributed by atoms with van der Waals surface area (Å²) in [6.07, 6.45) is 6.40. The number of aromatic nitrogens is 1. The standard InChI is InChI=1S/C14H20ClN3O2/c15-13(12-6-4-7-16-14(12)19)17-20-11-5-10-18-8-2-1-3-9-18/h4,6-7H,1-3,5,8-11H2,(H,16,19). The van der Waals surface area contributed by atoms with Crippen LogP contribution in [0.25, 0.3) is 0 Å². The second-order valence-corrected chi connectivity index (χ2v) is 5.24. The Morgan fingerprint density at radius 1 is 1.40 bits per heavy atom. The van der Waals surface area contributed by atoms with Gasteiger partial charge in [0.05, 0.1) is 5.56 Å². The van der Waals surface area contributed by atoms with Crippen molar-refractivity contribution in [1.29, 1.82) is 0 Å². The third-order valence-electron chi connectivity index (χ3n) is 3.34. The largest absolute Gasteiger partial charge is 0.395 e. The number of H-pyrrole nitrogens is 1. The zero-order valence-electron chi connectivity index (χ0n) is 11.5. The molecule has 1 aromatic rings. The summed E-state index contributed by atoms with van der Waals surface area (Å²) in [5, 5.41) is 3.87. The second-order valence-electron chi connectivity index (χ2n) is 4.88. The predicted octanol–water partition coefficient (Wildman–Crippen LogP) is 2.17. The molecule has 1 aromatic heterocycles. The molecule has 0 bridgehead atoms. The van der Waals surface area contributed by atoms with Crippen LogP contribution in [-0.4, -0.2) is 41.3 Å². The van der Waals surface area contributed by atoms with E-state index in [1.807, 2.05) is 0 Å². The van der Waals surface area contributed by atoms with Crippen LogP contribution in [0.15, 0.2) is 28.3 Å². The van der Waals surface area contributed by atoms with Gasteiger partial charge in [0, 0.05) is 12.7 Å². The minimum Gasteiger partial charge on any atom is -0.395 e. The normalized spacial score (nSPS) is 17.1. The molecule has 0 radical (unpaired) electrons. The maximum atomic E-state index is 11.5. The first kappa shape index (κ1) is 15.1. The van der Waals surface area contributed by atoms with E-state index in [1.165, 1.54) is 32.4 Å². The Balaban J connectivity index is 1.70. The van der Waals surface area contributed by atoms with E-state index in [-0.39, 0.29) is 10.7 Å². The molecule has 1 fully saturated rings. The molecule has 2 heterocycles. The third-order valence-corrected chi connectivity index (χ3v) is 3.62. The zero-order chi connectivity index (χ0) is 14.2. The number of hydrogen-bond donors (Lipinski definition) is 1. The highest BCUT2D eigenvalue weighted by Gasteiger charge is 2.09. The van der Waals surface area contributed by atoms with Crippen LogP contribution in [0.3, 0.4) is 0 Å². The fraction of sp³-hybridized carbons (Fsp3) is 0.571. The number of halogens is 1. The van der Waals surface area contributed by atoms with Gasteiger partial charge in [0.2, 0.25) is 0 Å². The molecular formula is C14H20ClN3O2. The number of piperidine rings is 1. The molecule has 0 spiro atoms. The molecule has 1 aliphatic heterocycles. The van der Waals surface area contributed by atoms with E-state index in [9.17, 15) is 4.79 Å². The van der Waals surface area contributed by atoms with Crippen molar-refractivity contribution in [2.45, 2.75) is 25.7 Å². The van der Waals surface area contributed by atoms with E-state index in [0.717, 1.165) is 13.0 Å². The van der Waals surface area contributed by atoms with Gasteiger partial charge in [-0.25, -0.2) is 0 Å². The third kappa shape index (κ3) is 4.65. The summed E-state index contributed by atoms with van der Waals surface area (Å²) < 4.78 is 0. The Labute approximate surface area is 123 Å². The van der Waals surface area contributed by atoms with Crippen molar-refractivity contribution in [1.82, 2.24) is 9.88 Å². The van der Waals surface area contributed by atoms with E-state index in [2.05, 4.69) is 15.0 Å². The minimum atomic E-state index is -0.266. The van der Waals surface area contributed by atoms with Crippen molar-refractivity contribution in [3.05, 3.63) is 34.2 Å². The van der Waals surface area contributed by atoms with Gasteiger partial charge in [0.15, 0.2) is 5.17 Å². The fourth-order valence-electron chi connectivity index (χ4n) is 2.27. The van der Waals surface area contributed by atoms with Crippen LogP contribution in [0, 0.1) is 0 Å². The van der Waals surface area contributed by atoms with Crippen molar-refractivity contribution >= 4 is 16.8 Å². The molecule has 1 aliphatic rings. The van der Waals surface area contributed by atoms with E-state index in [1.54, 1.807) is 18.3 Å². The molecule has 20 heavy (non-hydrogen) atoms. The molecule has 0 unspecified atom stereocenters. The average Bonchev–Trinajstić information content (AvgIpc) is 2.48. The lowest BCUT2D eigenvalue weighted by atomic mass is 10.1. The molecule has 110 valence electrons. The Morgan fingerprint density at radius 3 is 2.95 bits per heavy atom. The number of pyridine rings is 1. The molecule has 6 heteroatoms. The van der Waals surface area contributed by atoms with Crippen LogP contribution in [0.5, 0.6) is 0 Å².